The summed E-state index contributed by atoms with van der Waals surface area (Å²) in [6.07, 6.45) is 1.04. The predicted molar refractivity (Wildman–Crippen MR) is 77.6 cm³/mol. The number of nitrogens with zero attached hydrogens (tertiary/aromatic N) is 1. The second-order valence-corrected chi connectivity index (χ2v) is 5.56. The molecule has 2 rings (SSSR count). The third-order valence-electron chi connectivity index (χ3n) is 3.55. The van der Waals surface area contributed by atoms with Crippen LogP contribution < -0.4 is 5.32 Å². The van der Waals surface area contributed by atoms with E-state index in [-0.39, 0.29) is 0 Å². The van der Waals surface area contributed by atoms with Gasteiger partial charge in [-0.2, -0.15) is 0 Å². The fourth-order valence-electron chi connectivity index (χ4n) is 2.07. The summed E-state index contributed by atoms with van der Waals surface area (Å²) in [5, 5.41) is 18.4. The summed E-state index contributed by atoms with van der Waals surface area (Å²) in [6.45, 7) is 4.11. The van der Waals surface area contributed by atoms with E-state index in [1.54, 1.807) is 11.3 Å². The molecule has 2 N–H and O–H groups in total. The lowest BCUT2D eigenvalue weighted by molar-refractivity contribution is -0.145. The molecule has 0 aliphatic rings. The minimum absolute atomic E-state index is 0.378. The summed E-state index contributed by atoms with van der Waals surface area (Å²) in [6, 6.07) is 5.75. The molecule has 2 heterocycles. The van der Waals surface area contributed by atoms with Crippen molar-refractivity contribution in [3.63, 3.8) is 0 Å². The van der Waals surface area contributed by atoms with Crippen molar-refractivity contribution in [3.8, 4) is 10.6 Å². The van der Waals surface area contributed by atoms with E-state index >= 15 is 0 Å². The van der Waals surface area contributed by atoms with Gasteiger partial charge in [0.15, 0.2) is 5.76 Å². The number of carboxylic acids is 1. The molecule has 2 aromatic rings. The first-order valence-corrected chi connectivity index (χ1v) is 7.47. The molecule has 0 aliphatic carbocycles. The monoisotopic (exact) mass is 294 g/mol. The Bertz CT molecular complexity index is 559. The lowest BCUT2D eigenvalue weighted by Gasteiger charge is -2.27. The predicted octanol–water partition coefficient (Wildman–Crippen LogP) is 3.14. The van der Waals surface area contributed by atoms with E-state index in [1.165, 1.54) is 0 Å². The first kappa shape index (κ1) is 14.7. The Morgan fingerprint density at radius 1 is 1.50 bits per heavy atom. The fraction of sp³-hybridized carbons (Fsp3) is 0.429. The maximum Gasteiger partial charge on any atom is 0.323 e. The molecule has 0 saturated carbocycles. The van der Waals surface area contributed by atoms with Crippen LogP contribution in [0.1, 0.15) is 32.4 Å². The molecular weight excluding hydrogens is 276 g/mol. The van der Waals surface area contributed by atoms with Crippen LogP contribution in [0.3, 0.4) is 0 Å². The molecule has 2 aromatic heterocycles. The second kappa shape index (κ2) is 6.19. The van der Waals surface area contributed by atoms with Crippen LogP contribution in [0.4, 0.5) is 0 Å². The average molecular weight is 294 g/mol. The molecule has 0 fully saturated rings. The van der Waals surface area contributed by atoms with Crippen LogP contribution in [0.5, 0.6) is 0 Å². The largest absolute Gasteiger partial charge is 0.480 e. The van der Waals surface area contributed by atoms with Crippen LogP contribution in [0.25, 0.3) is 10.6 Å². The van der Waals surface area contributed by atoms with Gasteiger partial charge in [-0.05, 0) is 24.3 Å². The zero-order valence-corrected chi connectivity index (χ0v) is 12.4. The van der Waals surface area contributed by atoms with Crippen LogP contribution in [0, 0.1) is 0 Å². The quantitative estimate of drug-likeness (QED) is 0.820. The number of hydrogen-bond acceptors (Lipinski definition) is 5. The zero-order valence-electron chi connectivity index (χ0n) is 11.5. The highest BCUT2D eigenvalue weighted by Gasteiger charge is 2.34. The molecule has 0 amide bonds. The van der Waals surface area contributed by atoms with E-state index in [1.807, 2.05) is 37.4 Å². The molecular formula is C14H18N2O3S. The summed E-state index contributed by atoms with van der Waals surface area (Å²) in [4.78, 5) is 12.4. The van der Waals surface area contributed by atoms with Crippen molar-refractivity contribution in [2.45, 2.75) is 38.8 Å². The Morgan fingerprint density at radius 3 is 2.80 bits per heavy atom. The van der Waals surface area contributed by atoms with Crippen LogP contribution in [0.2, 0.25) is 0 Å². The number of thiophene rings is 1. The third kappa shape index (κ3) is 2.91. The number of aromatic nitrogens is 1. The Kier molecular flexibility index (Phi) is 4.57. The average Bonchev–Trinajstić information content (AvgIpc) is 3.11. The smallest absolute Gasteiger partial charge is 0.323 e. The molecule has 0 bridgehead atoms. The van der Waals surface area contributed by atoms with Gasteiger partial charge in [0.25, 0.3) is 0 Å². The summed E-state index contributed by atoms with van der Waals surface area (Å²) < 4.78 is 5.27. The highest BCUT2D eigenvalue weighted by molar-refractivity contribution is 7.13. The molecule has 0 spiro atoms. The van der Waals surface area contributed by atoms with E-state index < -0.39 is 11.5 Å². The maximum absolute atomic E-state index is 11.4. The standard InChI is InChI=1S/C14H18N2O3S/c1-3-14(4-2,13(17)18)15-9-10-8-11(19-16-10)12-6-5-7-20-12/h5-8,15H,3-4,9H2,1-2H3,(H,17,18). The number of aliphatic carboxylic acids is 1. The highest BCUT2D eigenvalue weighted by Crippen LogP contribution is 2.25. The van der Waals surface area contributed by atoms with Gasteiger partial charge >= 0.3 is 5.97 Å². The van der Waals surface area contributed by atoms with Gasteiger partial charge in [0.2, 0.25) is 0 Å². The van der Waals surface area contributed by atoms with E-state index in [0.717, 1.165) is 4.88 Å². The van der Waals surface area contributed by atoms with Gasteiger partial charge in [-0.3, -0.25) is 10.1 Å². The lowest BCUT2D eigenvalue weighted by Crippen LogP contribution is -2.50. The van der Waals surface area contributed by atoms with Gasteiger partial charge < -0.3 is 9.63 Å². The van der Waals surface area contributed by atoms with Gasteiger partial charge in [-0.15, -0.1) is 11.3 Å². The van der Waals surface area contributed by atoms with Gasteiger partial charge in [0.1, 0.15) is 5.54 Å². The molecule has 0 aliphatic heterocycles. The van der Waals surface area contributed by atoms with Gasteiger partial charge in [0, 0.05) is 12.6 Å². The Hall–Kier alpha value is -1.66. The molecule has 0 aromatic carbocycles. The van der Waals surface area contributed by atoms with Crippen molar-refractivity contribution in [2.24, 2.45) is 0 Å². The van der Waals surface area contributed by atoms with E-state index in [0.29, 0.717) is 30.8 Å². The molecule has 0 atom stereocenters. The van der Waals surface area contributed by atoms with Crippen molar-refractivity contribution in [1.29, 1.82) is 0 Å². The molecule has 0 radical (unpaired) electrons. The van der Waals surface area contributed by atoms with Gasteiger partial charge in [0.05, 0.1) is 10.6 Å². The number of carbonyl (C=O) groups is 1. The lowest BCUT2D eigenvalue weighted by atomic mass is 9.93. The van der Waals surface area contributed by atoms with Crippen LogP contribution in [-0.2, 0) is 11.3 Å². The third-order valence-corrected chi connectivity index (χ3v) is 4.43. The minimum Gasteiger partial charge on any atom is -0.480 e. The van der Waals surface area contributed by atoms with Crippen molar-refractivity contribution >= 4 is 17.3 Å². The first-order chi connectivity index (χ1) is 9.61. The van der Waals surface area contributed by atoms with Crippen molar-refractivity contribution in [3.05, 3.63) is 29.3 Å². The van der Waals surface area contributed by atoms with Crippen molar-refractivity contribution < 1.29 is 14.4 Å². The van der Waals surface area contributed by atoms with E-state index in [4.69, 9.17) is 4.52 Å². The molecule has 108 valence electrons. The normalized spacial score (nSPS) is 11.7. The molecule has 20 heavy (non-hydrogen) atoms. The maximum atomic E-state index is 11.4. The minimum atomic E-state index is -0.901. The number of nitrogens with one attached hydrogen (secondary N) is 1. The summed E-state index contributed by atoms with van der Waals surface area (Å²) in [5.41, 5.74) is -0.192. The Labute approximate surface area is 121 Å². The second-order valence-electron chi connectivity index (χ2n) is 4.61. The molecule has 5 nitrogen and oxygen atoms in total. The number of carboxylic acid groups (broad SMARTS) is 1. The topological polar surface area (TPSA) is 75.4 Å². The highest BCUT2D eigenvalue weighted by atomic mass is 32.1. The molecule has 0 saturated heterocycles. The van der Waals surface area contributed by atoms with E-state index in [9.17, 15) is 9.90 Å². The van der Waals surface area contributed by atoms with Gasteiger partial charge in [-0.25, -0.2) is 0 Å². The Morgan fingerprint density at radius 2 is 2.25 bits per heavy atom. The summed E-state index contributed by atoms with van der Waals surface area (Å²) in [5.74, 6) is -0.116. The van der Waals surface area contributed by atoms with Crippen LogP contribution in [0.15, 0.2) is 28.1 Å². The first-order valence-electron chi connectivity index (χ1n) is 6.59. The zero-order chi connectivity index (χ0) is 14.6. The van der Waals surface area contributed by atoms with Crippen molar-refractivity contribution in [1.82, 2.24) is 10.5 Å². The SMILES string of the molecule is CCC(CC)(NCc1cc(-c2cccs2)on1)C(=O)O. The van der Waals surface area contributed by atoms with Gasteiger partial charge in [-0.1, -0.05) is 25.1 Å². The van der Waals surface area contributed by atoms with E-state index in [2.05, 4.69) is 10.5 Å². The molecule has 0 unspecified atom stereocenters. The van der Waals surface area contributed by atoms with Crippen molar-refractivity contribution in [2.75, 3.05) is 0 Å². The summed E-state index contributed by atoms with van der Waals surface area (Å²) in [7, 11) is 0. The fourth-order valence-corrected chi connectivity index (χ4v) is 2.74. The summed E-state index contributed by atoms with van der Waals surface area (Å²) >= 11 is 1.58. The number of hydrogen-bond donors (Lipinski definition) is 2. The Balaban J connectivity index is 2.06. The van der Waals surface area contributed by atoms with Crippen LogP contribution >= 0.6 is 11.3 Å². The molecule has 6 heteroatoms. The number of rotatable bonds is 7. The van der Waals surface area contributed by atoms with Crippen LogP contribution in [-0.4, -0.2) is 21.8 Å².